The summed E-state index contributed by atoms with van der Waals surface area (Å²) in [5, 5.41) is 0. The second kappa shape index (κ2) is 6.43. The second-order valence-corrected chi connectivity index (χ2v) is 4.81. The molecule has 2 aromatic rings. The van der Waals surface area contributed by atoms with Gasteiger partial charge in [0.2, 0.25) is 11.8 Å². The summed E-state index contributed by atoms with van der Waals surface area (Å²) in [7, 11) is 0. The Morgan fingerprint density at radius 2 is 2.05 bits per heavy atom. The van der Waals surface area contributed by atoms with Crippen LogP contribution in [0.1, 0.15) is 12.5 Å². The maximum atomic E-state index is 5.75. The van der Waals surface area contributed by atoms with Crippen LogP contribution in [0.2, 0.25) is 0 Å². The van der Waals surface area contributed by atoms with Crippen molar-refractivity contribution in [3.8, 4) is 11.8 Å². The standard InChI is InChI=1S/C14H15BrN2O2/c1-2-18-14-12(16)6-7-13(17-14)19-9-10-4-3-5-11(15)8-10/h3-8H,2,9,16H2,1H3. The number of anilines is 1. The van der Waals surface area contributed by atoms with Crippen molar-refractivity contribution in [3.63, 3.8) is 0 Å². The van der Waals surface area contributed by atoms with Gasteiger partial charge in [0, 0.05) is 10.5 Å². The molecule has 0 saturated heterocycles. The Morgan fingerprint density at radius 1 is 1.21 bits per heavy atom. The van der Waals surface area contributed by atoms with E-state index in [2.05, 4.69) is 20.9 Å². The van der Waals surface area contributed by atoms with Crippen LogP contribution in [0.25, 0.3) is 0 Å². The van der Waals surface area contributed by atoms with E-state index in [1.807, 2.05) is 31.2 Å². The van der Waals surface area contributed by atoms with E-state index in [1.54, 1.807) is 12.1 Å². The number of benzene rings is 1. The molecule has 4 nitrogen and oxygen atoms in total. The molecular weight excluding hydrogens is 308 g/mol. The summed E-state index contributed by atoms with van der Waals surface area (Å²) in [5.41, 5.74) is 7.33. The molecule has 0 bridgehead atoms. The first-order chi connectivity index (χ1) is 9.19. The van der Waals surface area contributed by atoms with E-state index in [-0.39, 0.29) is 0 Å². The number of nitrogens with zero attached hydrogens (tertiary/aromatic N) is 1. The van der Waals surface area contributed by atoms with Crippen molar-refractivity contribution in [1.29, 1.82) is 0 Å². The lowest BCUT2D eigenvalue weighted by atomic mass is 10.2. The van der Waals surface area contributed by atoms with Gasteiger partial charge in [0.1, 0.15) is 6.61 Å². The van der Waals surface area contributed by atoms with Gasteiger partial charge in [-0.25, -0.2) is 0 Å². The fraction of sp³-hybridized carbons (Fsp3) is 0.214. The lowest BCUT2D eigenvalue weighted by Gasteiger charge is -2.09. The third-order valence-corrected chi connectivity index (χ3v) is 2.91. The summed E-state index contributed by atoms with van der Waals surface area (Å²) in [6.07, 6.45) is 0. The summed E-state index contributed by atoms with van der Waals surface area (Å²) < 4.78 is 12.0. The van der Waals surface area contributed by atoms with Crippen LogP contribution in [-0.4, -0.2) is 11.6 Å². The topological polar surface area (TPSA) is 57.4 Å². The molecule has 0 aliphatic carbocycles. The van der Waals surface area contributed by atoms with E-state index in [0.717, 1.165) is 10.0 Å². The molecule has 2 rings (SSSR count). The summed E-state index contributed by atoms with van der Waals surface area (Å²) in [6, 6.07) is 11.4. The van der Waals surface area contributed by atoms with Gasteiger partial charge in [-0.1, -0.05) is 28.1 Å². The Labute approximate surface area is 120 Å². The summed E-state index contributed by atoms with van der Waals surface area (Å²) in [4.78, 5) is 4.22. The van der Waals surface area contributed by atoms with E-state index in [4.69, 9.17) is 15.2 Å². The van der Waals surface area contributed by atoms with Gasteiger partial charge in [-0.2, -0.15) is 4.98 Å². The monoisotopic (exact) mass is 322 g/mol. The highest BCUT2D eigenvalue weighted by molar-refractivity contribution is 9.10. The molecular formula is C14H15BrN2O2. The molecule has 1 aromatic carbocycles. The molecule has 1 aromatic heterocycles. The zero-order valence-corrected chi connectivity index (χ0v) is 12.2. The molecule has 1 heterocycles. The Kier molecular flexibility index (Phi) is 4.63. The van der Waals surface area contributed by atoms with Crippen LogP contribution in [0.5, 0.6) is 11.8 Å². The van der Waals surface area contributed by atoms with Gasteiger partial charge >= 0.3 is 0 Å². The van der Waals surface area contributed by atoms with Crippen molar-refractivity contribution < 1.29 is 9.47 Å². The van der Waals surface area contributed by atoms with Crippen LogP contribution in [-0.2, 0) is 6.61 Å². The first kappa shape index (κ1) is 13.7. The van der Waals surface area contributed by atoms with Crippen molar-refractivity contribution in [3.05, 3.63) is 46.4 Å². The molecule has 0 spiro atoms. The number of ether oxygens (including phenoxy) is 2. The minimum absolute atomic E-state index is 0.411. The lowest BCUT2D eigenvalue weighted by Crippen LogP contribution is -2.02. The zero-order chi connectivity index (χ0) is 13.7. The quantitative estimate of drug-likeness (QED) is 0.916. The molecule has 2 N–H and O–H groups in total. The Hall–Kier alpha value is -1.75. The van der Waals surface area contributed by atoms with Gasteiger partial charge in [-0.15, -0.1) is 0 Å². The van der Waals surface area contributed by atoms with E-state index in [1.165, 1.54) is 0 Å². The maximum Gasteiger partial charge on any atom is 0.240 e. The molecule has 100 valence electrons. The van der Waals surface area contributed by atoms with Gasteiger partial charge in [0.15, 0.2) is 0 Å². The van der Waals surface area contributed by atoms with Crippen molar-refractivity contribution in [2.45, 2.75) is 13.5 Å². The summed E-state index contributed by atoms with van der Waals surface area (Å²) in [5.74, 6) is 0.909. The number of halogens is 1. The summed E-state index contributed by atoms with van der Waals surface area (Å²) in [6.45, 7) is 2.85. The fourth-order valence-corrected chi connectivity index (χ4v) is 2.00. The third kappa shape index (κ3) is 3.86. The van der Waals surface area contributed by atoms with Crippen LogP contribution in [0, 0.1) is 0 Å². The molecule has 0 amide bonds. The number of pyridine rings is 1. The normalized spacial score (nSPS) is 10.2. The average Bonchev–Trinajstić information content (AvgIpc) is 2.40. The number of nitrogens with two attached hydrogens (primary N) is 1. The first-order valence-electron chi connectivity index (χ1n) is 5.95. The van der Waals surface area contributed by atoms with Gasteiger partial charge in [0.05, 0.1) is 12.3 Å². The molecule has 5 heteroatoms. The predicted octanol–water partition coefficient (Wildman–Crippen LogP) is 3.40. The highest BCUT2D eigenvalue weighted by Crippen LogP contribution is 2.22. The van der Waals surface area contributed by atoms with E-state index in [9.17, 15) is 0 Å². The van der Waals surface area contributed by atoms with Crippen molar-refractivity contribution >= 4 is 21.6 Å². The Morgan fingerprint density at radius 3 is 2.79 bits per heavy atom. The van der Waals surface area contributed by atoms with Crippen LogP contribution in [0.4, 0.5) is 5.69 Å². The average molecular weight is 323 g/mol. The van der Waals surface area contributed by atoms with E-state index >= 15 is 0 Å². The van der Waals surface area contributed by atoms with E-state index in [0.29, 0.717) is 30.7 Å². The minimum atomic E-state index is 0.411. The molecule has 0 fully saturated rings. The van der Waals surface area contributed by atoms with E-state index < -0.39 is 0 Å². The van der Waals surface area contributed by atoms with Crippen LogP contribution < -0.4 is 15.2 Å². The van der Waals surface area contributed by atoms with Crippen molar-refractivity contribution in [2.75, 3.05) is 12.3 Å². The fourth-order valence-electron chi connectivity index (χ4n) is 1.55. The maximum absolute atomic E-state index is 5.75. The molecule has 0 unspecified atom stereocenters. The molecule has 0 aliphatic rings. The largest absolute Gasteiger partial charge is 0.476 e. The van der Waals surface area contributed by atoms with Crippen LogP contribution in [0.3, 0.4) is 0 Å². The second-order valence-electron chi connectivity index (χ2n) is 3.90. The number of aromatic nitrogens is 1. The minimum Gasteiger partial charge on any atom is -0.476 e. The molecule has 0 radical (unpaired) electrons. The first-order valence-corrected chi connectivity index (χ1v) is 6.75. The van der Waals surface area contributed by atoms with Crippen LogP contribution >= 0.6 is 15.9 Å². The SMILES string of the molecule is CCOc1nc(OCc2cccc(Br)c2)ccc1N. The molecule has 0 atom stereocenters. The third-order valence-electron chi connectivity index (χ3n) is 2.42. The molecule has 0 saturated carbocycles. The van der Waals surface area contributed by atoms with Gasteiger partial charge in [-0.05, 0) is 30.7 Å². The number of hydrogen-bond donors (Lipinski definition) is 1. The molecule has 19 heavy (non-hydrogen) atoms. The Bertz CT molecular complexity index is 561. The Balaban J connectivity index is 2.05. The zero-order valence-electron chi connectivity index (χ0n) is 10.6. The predicted molar refractivity (Wildman–Crippen MR) is 78.3 cm³/mol. The number of rotatable bonds is 5. The van der Waals surface area contributed by atoms with Crippen LogP contribution in [0.15, 0.2) is 40.9 Å². The summed E-state index contributed by atoms with van der Waals surface area (Å²) >= 11 is 3.42. The van der Waals surface area contributed by atoms with Gasteiger partial charge in [0.25, 0.3) is 0 Å². The number of nitrogen functional groups attached to an aromatic ring is 1. The van der Waals surface area contributed by atoms with Crippen molar-refractivity contribution in [1.82, 2.24) is 4.98 Å². The highest BCUT2D eigenvalue weighted by Gasteiger charge is 2.05. The number of hydrogen-bond acceptors (Lipinski definition) is 4. The van der Waals surface area contributed by atoms with Crippen molar-refractivity contribution in [2.24, 2.45) is 0 Å². The van der Waals surface area contributed by atoms with Gasteiger partial charge in [-0.3, -0.25) is 0 Å². The van der Waals surface area contributed by atoms with Gasteiger partial charge < -0.3 is 15.2 Å². The smallest absolute Gasteiger partial charge is 0.240 e. The lowest BCUT2D eigenvalue weighted by molar-refractivity contribution is 0.279. The highest BCUT2D eigenvalue weighted by atomic mass is 79.9. The molecule has 0 aliphatic heterocycles.